The summed E-state index contributed by atoms with van der Waals surface area (Å²) in [6, 6.07) is 10.1. The third kappa shape index (κ3) is 2.17. The fourth-order valence-electron chi connectivity index (χ4n) is 2.59. The molecule has 1 aliphatic carbocycles. The zero-order valence-corrected chi connectivity index (χ0v) is 11.4. The van der Waals surface area contributed by atoms with Crippen LogP contribution in [0.2, 0.25) is 0 Å². The maximum Gasteiger partial charge on any atom is 0.139 e. The summed E-state index contributed by atoms with van der Waals surface area (Å²) in [5, 5.41) is -0.427. The van der Waals surface area contributed by atoms with E-state index in [0.29, 0.717) is 6.42 Å². The highest BCUT2D eigenvalue weighted by atomic mass is 32.2. The van der Waals surface area contributed by atoms with Crippen molar-refractivity contribution in [2.45, 2.75) is 22.6 Å². The Balaban J connectivity index is 1.95. The number of nitrogens with two attached hydrogens (primary N) is 1. The van der Waals surface area contributed by atoms with E-state index >= 15 is 0 Å². The van der Waals surface area contributed by atoms with Gasteiger partial charge in [0.1, 0.15) is 11.6 Å². The molecule has 3 rings (SSSR count). The van der Waals surface area contributed by atoms with Crippen LogP contribution in [0.5, 0.6) is 0 Å². The van der Waals surface area contributed by atoms with Crippen molar-refractivity contribution in [2.75, 3.05) is 0 Å². The molecule has 2 nitrogen and oxygen atoms in total. The molecular formula is C15H13F2NOS. The second-order valence-corrected chi connectivity index (χ2v) is 6.48. The van der Waals surface area contributed by atoms with Crippen molar-refractivity contribution in [2.24, 2.45) is 5.73 Å². The van der Waals surface area contributed by atoms with Gasteiger partial charge in [-0.1, -0.05) is 24.3 Å². The molecule has 20 heavy (non-hydrogen) atoms. The summed E-state index contributed by atoms with van der Waals surface area (Å²) in [5.74, 6) is -1.26. The Labute approximate surface area is 118 Å². The molecule has 0 amide bonds. The molecule has 0 spiro atoms. The third-order valence-electron chi connectivity index (χ3n) is 3.62. The van der Waals surface area contributed by atoms with Crippen molar-refractivity contribution >= 4 is 10.8 Å². The SMILES string of the molecule is NC1c2ccccc2CC1S(=O)c1cc(F)ccc1F. The number of benzene rings is 2. The van der Waals surface area contributed by atoms with Crippen molar-refractivity contribution in [3.8, 4) is 0 Å². The fourth-order valence-corrected chi connectivity index (χ4v) is 4.15. The standard InChI is InChI=1S/C15H13F2NOS/c16-10-5-6-12(17)13(8-10)20(19)14-7-9-3-1-2-4-11(9)15(14)18/h1-6,8,14-15H,7,18H2. The van der Waals surface area contributed by atoms with Crippen molar-refractivity contribution in [3.05, 3.63) is 65.2 Å². The lowest BCUT2D eigenvalue weighted by Crippen LogP contribution is -2.27. The zero-order chi connectivity index (χ0) is 14.3. The van der Waals surface area contributed by atoms with E-state index in [9.17, 15) is 13.0 Å². The predicted octanol–water partition coefficient (Wildman–Crippen LogP) is 2.70. The van der Waals surface area contributed by atoms with Crippen LogP contribution in [0.25, 0.3) is 0 Å². The molecule has 104 valence electrons. The molecule has 3 atom stereocenters. The minimum atomic E-state index is -1.68. The average molecular weight is 293 g/mol. The quantitative estimate of drug-likeness (QED) is 0.925. The van der Waals surface area contributed by atoms with E-state index in [1.54, 1.807) is 0 Å². The van der Waals surface area contributed by atoms with Gasteiger partial charge in [-0.3, -0.25) is 4.21 Å². The van der Waals surface area contributed by atoms with Crippen LogP contribution in [0.1, 0.15) is 17.2 Å². The van der Waals surface area contributed by atoms with E-state index in [1.165, 1.54) is 0 Å². The van der Waals surface area contributed by atoms with Gasteiger partial charge in [0.15, 0.2) is 0 Å². The number of rotatable bonds is 2. The zero-order valence-electron chi connectivity index (χ0n) is 10.6. The number of halogens is 2. The topological polar surface area (TPSA) is 43.1 Å². The molecule has 0 radical (unpaired) electrons. The first kappa shape index (κ1) is 13.4. The smallest absolute Gasteiger partial charge is 0.139 e. The van der Waals surface area contributed by atoms with E-state index in [4.69, 9.17) is 5.73 Å². The van der Waals surface area contributed by atoms with Gasteiger partial charge in [-0.25, -0.2) is 8.78 Å². The number of hydrogen-bond acceptors (Lipinski definition) is 2. The summed E-state index contributed by atoms with van der Waals surface area (Å²) in [6.07, 6.45) is 0.514. The van der Waals surface area contributed by atoms with Gasteiger partial charge in [0.05, 0.1) is 20.9 Å². The van der Waals surface area contributed by atoms with Gasteiger partial charge in [0, 0.05) is 6.04 Å². The van der Waals surface area contributed by atoms with Gasteiger partial charge >= 0.3 is 0 Å². The van der Waals surface area contributed by atoms with E-state index < -0.39 is 33.7 Å². The third-order valence-corrected chi connectivity index (χ3v) is 5.38. The Hall–Kier alpha value is -1.59. The monoisotopic (exact) mass is 293 g/mol. The normalized spacial score (nSPS) is 22.6. The Kier molecular flexibility index (Phi) is 3.40. The van der Waals surface area contributed by atoms with Crippen molar-refractivity contribution in [3.63, 3.8) is 0 Å². The van der Waals surface area contributed by atoms with Crippen molar-refractivity contribution in [1.82, 2.24) is 0 Å². The molecule has 3 unspecified atom stereocenters. The first-order chi connectivity index (χ1) is 9.58. The summed E-state index contributed by atoms with van der Waals surface area (Å²) in [5.41, 5.74) is 8.06. The van der Waals surface area contributed by atoms with E-state index in [2.05, 4.69) is 0 Å². The minimum absolute atomic E-state index is 0.113. The lowest BCUT2D eigenvalue weighted by Gasteiger charge is -2.16. The molecule has 1 aliphatic rings. The molecule has 0 saturated heterocycles. The molecular weight excluding hydrogens is 280 g/mol. The second-order valence-electron chi connectivity index (χ2n) is 4.84. The van der Waals surface area contributed by atoms with Gasteiger partial charge in [-0.15, -0.1) is 0 Å². The second kappa shape index (κ2) is 5.07. The largest absolute Gasteiger partial charge is 0.323 e. The number of hydrogen-bond donors (Lipinski definition) is 1. The summed E-state index contributed by atoms with van der Waals surface area (Å²) < 4.78 is 39.5. The highest BCUT2D eigenvalue weighted by Crippen LogP contribution is 2.35. The lowest BCUT2D eigenvalue weighted by atomic mass is 10.1. The molecule has 2 aromatic carbocycles. The van der Waals surface area contributed by atoms with Gasteiger partial charge in [-0.2, -0.15) is 0 Å². The Morgan fingerprint density at radius 3 is 2.65 bits per heavy atom. The Bertz CT molecular complexity index is 689. The lowest BCUT2D eigenvalue weighted by molar-refractivity contribution is 0.568. The summed E-state index contributed by atoms with van der Waals surface area (Å²) in [6.45, 7) is 0. The van der Waals surface area contributed by atoms with Crippen molar-refractivity contribution < 1.29 is 13.0 Å². The molecule has 0 saturated carbocycles. The van der Waals surface area contributed by atoms with E-state index in [1.807, 2.05) is 24.3 Å². The first-order valence-electron chi connectivity index (χ1n) is 6.27. The van der Waals surface area contributed by atoms with Crippen LogP contribution in [0.15, 0.2) is 47.4 Å². The minimum Gasteiger partial charge on any atom is -0.323 e. The molecule has 5 heteroatoms. The summed E-state index contributed by atoms with van der Waals surface area (Å²) >= 11 is 0. The van der Waals surface area contributed by atoms with Crippen LogP contribution >= 0.6 is 0 Å². The van der Waals surface area contributed by atoms with Crippen LogP contribution < -0.4 is 5.73 Å². The maximum atomic E-state index is 13.7. The van der Waals surface area contributed by atoms with Gasteiger partial charge in [0.25, 0.3) is 0 Å². The van der Waals surface area contributed by atoms with Gasteiger partial charge in [-0.05, 0) is 35.7 Å². The van der Waals surface area contributed by atoms with Gasteiger partial charge in [0.2, 0.25) is 0 Å². The highest BCUT2D eigenvalue weighted by Gasteiger charge is 2.35. The molecule has 0 heterocycles. The molecule has 2 N–H and O–H groups in total. The van der Waals surface area contributed by atoms with Crippen LogP contribution in [-0.2, 0) is 17.2 Å². The number of fused-ring (bicyclic) bond motifs is 1. The Morgan fingerprint density at radius 2 is 1.90 bits per heavy atom. The molecule has 0 bridgehead atoms. The van der Waals surface area contributed by atoms with Crippen molar-refractivity contribution in [1.29, 1.82) is 0 Å². The maximum absolute atomic E-state index is 13.7. The molecule has 0 fully saturated rings. The van der Waals surface area contributed by atoms with Crippen LogP contribution in [0.4, 0.5) is 8.78 Å². The molecule has 0 aromatic heterocycles. The summed E-state index contributed by atoms with van der Waals surface area (Å²) in [4.78, 5) is -0.113. The highest BCUT2D eigenvalue weighted by molar-refractivity contribution is 7.85. The predicted molar refractivity (Wildman–Crippen MR) is 73.6 cm³/mol. The van der Waals surface area contributed by atoms with Gasteiger partial charge < -0.3 is 5.73 Å². The van der Waals surface area contributed by atoms with Crippen LogP contribution in [0, 0.1) is 11.6 Å². The van der Waals surface area contributed by atoms with E-state index in [0.717, 1.165) is 29.3 Å². The summed E-state index contributed by atoms with van der Waals surface area (Å²) in [7, 11) is -1.68. The molecule has 0 aliphatic heterocycles. The first-order valence-corrected chi connectivity index (χ1v) is 7.48. The van der Waals surface area contributed by atoms with Crippen LogP contribution in [0.3, 0.4) is 0 Å². The average Bonchev–Trinajstić information content (AvgIpc) is 2.79. The van der Waals surface area contributed by atoms with E-state index in [-0.39, 0.29) is 4.90 Å². The fraction of sp³-hybridized carbons (Fsp3) is 0.200. The van der Waals surface area contributed by atoms with Crippen LogP contribution in [-0.4, -0.2) is 9.46 Å². The molecule has 2 aromatic rings. The Morgan fingerprint density at radius 1 is 1.15 bits per heavy atom.